The van der Waals surface area contributed by atoms with Crippen molar-refractivity contribution in [3.8, 4) is 0 Å². The van der Waals surface area contributed by atoms with E-state index in [1.165, 1.54) is 4.68 Å². The number of hydrogen-bond donors (Lipinski definition) is 2. The fraction of sp³-hybridized carbons (Fsp3) is 0.643. The molecule has 0 bridgehead atoms. The first-order valence-corrected chi connectivity index (χ1v) is 7.19. The summed E-state index contributed by atoms with van der Waals surface area (Å²) in [6.45, 7) is 4.58. The molecule has 0 spiro atoms. The van der Waals surface area contributed by atoms with E-state index in [1.807, 2.05) is 13.8 Å². The number of anilines is 1. The largest absolute Gasteiger partial charge is 0.481 e. The zero-order valence-corrected chi connectivity index (χ0v) is 12.5. The highest BCUT2D eigenvalue weighted by atomic mass is 16.4. The van der Waals surface area contributed by atoms with E-state index in [-0.39, 0.29) is 19.0 Å². The van der Waals surface area contributed by atoms with Gasteiger partial charge in [0.05, 0.1) is 11.1 Å². The van der Waals surface area contributed by atoms with Crippen molar-refractivity contribution < 1.29 is 14.7 Å². The normalized spacial score (nSPS) is 22.3. The van der Waals surface area contributed by atoms with E-state index in [0.29, 0.717) is 31.6 Å². The predicted molar refractivity (Wildman–Crippen MR) is 77.6 cm³/mol. The van der Waals surface area contributed by atoms with Crippen LogP contribution in [0.5, 0.6) is 0 Å². The van der Waals surface area contributed by atoms with Gasteiger partial charge in [-0.3, -0.25) is 9.59 Å². The third-order valence-corrected chi connectivity index (χ3v) is 4.28. The first-order valence-electron chi connectivity index (χ1n) is 7.19. The van der Waals surface area contributed by atoms with Gasteiger partial charge in [0.15, 0.2) is 0 Å². The second-order valence-corrected chi connectivity index (χ2v) is 5.73. The third-order valence-electron chi connectivity index (χ3n) is 4.28. The van der Waals surface area contributed by atoms with Gasteiger partial charge in [0.1, 0.15) is 12.4 Å². The number of hydrogen-bond acceptors (Lipinski definition) is 4. The van der Waals surface area contributed by atoms with Crippen LogP contribution >= 0.6 is 0 Å². The number of likely N-dealkylation sites (tertiary alicyclic amines) is 1. The Kier molecular flexibility index (Phi) is 4.20. The molecule has 7 heteroatoms. The average Bonchev–Trinajstić information content (AvgIpc) is 2.76. The summed E-state index contributed by atoms with van der Waals surface area (Å²) >= 11 is 0. The number of nitrogens with two attached hydrogens (primary N) is 1. The van der Waals surface area contributed by atoms with E-state index in [1.54, 1.807) is 11.0 Å². The van der Waals surface area contributed by atoms with Gasteiger partial charge in [-0.05, 0) is 26.2 Å². The van der Waals surface area contributed by atoms with Gasteiger partial charge in [-0.25, -0.2) is 4.68 Å². The van der Waals surface area contributed by atoms with Gasteiger partial charge in [0, 0.05) is 19.2 Å². The zero-order valence-electron chi connectivity index (χ0n) is 12.5. The van der Waals surface area contributed by atoms with Crippen molar-refractivity contribution in [2.45, 2.75) is 39.7 Å². The molecule has 1 saturated heterocycles. The summed E-state index contributed by atoms with van der Waals surface area (Å²) in [5.74, 6) is -0.515. The number of rotatable bonds is 4. The number of aryl methyl sites for hydroxylation is 1. The number of aliphatic carboxylic acids is 1. The molecule has 1 amide bonds. The summed E-state index contributed by atoms with van der Waals surface area (Å²) in [6, 6.07) is 1.71. The molecule has 0 aliphatic carbocycles. The molecule has 116 valence electrons. The van der Waals surface area contributed by atoms with Crippen molar-refractivity contribution in [1.82, 2.24) is 14.7 Å². The van der Waals surface area contributed by atoms with Crippen LogP contribution < -0.4 is 5.73 Å². The highest BCUT2D eigenvalue weighted by Gasteiger charge is 2.42. The maximum atomic E-state index is 12.4. The van der Waals surface area contributed by atoms with E-state index < -0.39 is 11.4 Å². The highest BCUT2D eigenvalue weighted by Crippen LogP contribution is 2.33. The van der Waals surface area contributed by atoms with E-state index in [9.17, 15) is 14.7 Å². The molecule has 1 atom stereocenters. The Labute approximate surface area is 123 Å². The Morgan fingerprint density at radius 3 is 2.76 bits per heavy atom. The van der Waals surface area contributed by atoms with Crippen LogP contribution in [0.4, 0.5) is 5.82 Å². The van der Waals surface area contributed by atoms with Crippen LogP contribution in [0.3, 0.4) is 0 Å². The average molecular weight is 294 g/mol. The molecule has 7 nitrogen and oxygen atoms in total. The number of carbonyl (C=O) groups is 2. The van der Waals surface area contributed by atoms with Gasteiger partial charge in [0.25, 0.3) is 0 Å². The van der Waals surface area contributed by atoms with Crippen molar-refractivity contribution in [3.63, 3.8) is 0 Å². The van der Waals surface area contributed by atoms with E-state index >= 15 is 0 Å². The molecule has 0 unspecified atom stereocenters. The summed E-state index contributed by atoms with van der Waals surface area (Å²) < 4.78 is 1.46. The quantitative estimate of drug-likeness (QED) is 0.858. The fourth-order valence-electron chi connectivity index (χ4n) is 2.88. The van der Waals surface area contributed by atoms with Crippen molar-refractivity contribution >= 4 is 17.7 Å². The van der Waals surface area contributed by atoms with Crippen molar-refractivity contribution in [2.75, 3.05) is 18.8 Å². The van der Waals surface area contributed by atoms with Gasteiger partial charge in [-0.15, -0.1) is 0 Å². The predicted octanol–water partition coefficient (Wildman–Crippen LogP) is 0.877. The minimum atomic E-state index is -0.822. The Balaban J connectivity index is 2.09. The Morgan fingerprint density at radius 2 is 2.24 bits per heavy atom. The van der Waals surface area contributed by atoms with Crippen LogP contribution in [-0.4, -0.2) is 44.8 Å². The maximum Gasteiger partial charge on any atom is 0.311 e. The molecular weight excluding hydrogens is 272 g/mol. The van der Waals surface area contributed by atoms with Crippen LogP contribution in [-0.2, 0) is 16.1 Å². The number of carboxylic acids is 1. The maximum absolute atomic E-state index is 12.4. The molecule has 3 N–H and O–H groups in total. The molecule has 2 heterocycles. The second-order valence-electron chi connectivity index (χ2n) is 5.73. The number of aromatic nitrogens is 2. The van der Waals surface area contributed by atoms with Crippen LogP contribution in [0, 0.1) is 12.3 Å². The lowest BCUT2D eigenvalue weighted by Crippen LogP contribution is -2.50. The Morgan fingerprint density at radius 1 is 1.52 bits per heavy atom. The topological polar surface area (TPSA) is 101 Å². The first kappa shape index (κ1) is 15.3. The van der Waals surface area contributed by atoms with Gasteiger partial charge in [-0.2, -0.15) is 5.10 Å². The smallest absolute Gasteiger partial charge is 0.311 e. The summed E-state index contributed by atoms with van der Waals surface area (Å²) in [4.78, 5) is 25.5. The number of amides is 1. The molecule has 1 aromatic rings. The van der Waals surface area contributed by atoms with E-state index in [0.717, 1.165) is 5.69 Å². The lowest BCUT2D eigenvalue weighted by Gasteiger charge is -2.39. The number of piperidine rings is 1. The zero-order chi connectivity index (χ0) is 15.6. The Bertz CT molecular complexity index is 554. The first-order chi connectivity index (χ1) is 9.88. The molecule has 0 aromatic carbocycles. The monoisotopic (exact) mass is 294 g/mol. The molecular formula is C14H22N4O3. The molecule has 1 fully saturated rings. The lowest BCUT2D eigenvalue weighted by atomic mass is 9.77. The van der Waals surface area contributed by atoms with Crippen LogP contribution in [0.25, 0.3) is 0 Å². The SMILES string of the molecule is CC[C@@]1(C(=O)O)CCCN(C(=O)Cn2nc(C)cc2N)C1. The molecule has 1 aliphatic rings. The molecule has 0 radical (unpaired) electrons. The minimum Gasteiger partial charge on any atom is -0.481 e. The van der Waals surface area contributed by atoms with Crippen molar-refractivity contribution in [3.05, 3.63) is 11.8 Å². The number of nitrogens with zero attached hydrogens (tertiary/aromatic N) is 3. The van der Waals surface area contributed by atoms with Crippen LogP contribution in [0.1, 0.15) is 31.9 Å². The molecule has 21 heavy (non-hydrogen) atoms. The fourth-order valence-corrected chi connectivity index (χ4v) is 2.88. The standard InChI is InChI=1S/C14H22N4O3/c1-3-14(13(20)21)5-4-6-17(9-14)12(19)8-18-11(15)7-10(2)16-18/h7H,3-6,8-9,15H2,1-2H3,(H,20,21)/t14-/m1/s1. The number of carboxylic acid groups (broad SMARTS) is 1. The van der Waals surface area contributed by atoms with Crippen molar-refractivity contribution in [1.29, 1.82) is 0 Å². The summed E-state index contributed by atoms with van der Waals surface area (Å²) in [6.07, 6.45) is 1.85. The number of carbonyl (C=O) groups excluding carboxylic acids is 1. The second kappa shape index (κ2) is 5.75. The highest BCUT2D eigenvalue weighted by molar-refractivity contribution is 5.79. The lowest BCUT2D eigenvalue weighted by molar-refractivity contribution is -0.155. The third kappa shape index (κ3) is 3.01. The Hall–Kier alpha value is -2.05. The molecule has 2 rings (SSSR count). The van der Waals surface area contributed by atoms with Crippen LogP contribution in [0.15, 0.2) is 6.07 Å². The summed E-state index contributed by atoms with van der Waals surface area (Å²) in [5, 5.41) is 13.6. The van der Waals surface area contributed by atoms with Gasteiger partial charge < -0.3 is 15.7 Å². The number of nitrogen functional groups attached to an aromatic ring is 1. The van der Waals surface area contributed by atoms with Crippen LogP contribution in [0.2, 0.25) is 0 Å². The summed E-state index contributed by atoms with van der Waals surface area (Å²) in [7, 11) is 0. The molecule has 0 saturated carbocycles. The van der Waals surface area contributed by atoms with E-state index in [2.05, 4.69) is 5.10 Å². The molecule has 1 aromatic heterocycles. The van der Waals surface area contributed by atoms with Gasteiger partial charge >= 0.3 is 5.97 Å². The van der Waals surface area contributed by atoms with E-state index in [4.69, 9.17) is 5.73 Å². The van der Waals surface area contributed by atoms with Gasteiger partial charge in [0.2, 0.25) is 5.91 Å². The molecule has 1 aliphatic heterocycles. The van der Waals surface area contributed by atoms with Gasteiger partial charge in [-0.1, -0.05) is 6.92 Å². The summed E-state index contributed by atoms with van der Waals surface area (Å²) in [5.41, 5.74) is 5.72. The van der Waals surface area contributed by atoms with Crippen molar-refractivity contribution in [2.24, 2.45) is 5.41 Å². The minimum absolute atomic E-state index is 0.0546.